The van der Waals surface area contributed by atoms with Gasteiger partial charge in [0.1, 0.15) is 11.8 Å². The molecule has 1 aromatic heterocycles. The van der Waals surface area contributed by atoms with Crippen molar-refractivity contribution in [2.45, 2.75) is 32.7 Å². The Morgan fingerprint density at radius 2 is 2.00 bits per heavy atom. The number of aromatic nitrogens is 2. The highest BCUT2D eigenvalue weighted by Crippen LogP contribution is 2.33. The van der Waals surface area contributed by atoms with Crippen molar-refractivity contribution >= 4 is 11.7 Å². The summed E-state index contributed by atoms with van der Waals surface area (Å²) < 4.78 is 10.7. The maximum Gasteiger partial charge on any atom is 0.322 e. The lowest BCUT2D eigenvalue weighted by Crippen LogP contribution is -2.34. The lowest BCUT2D eigenvalue weighted by molar-refractivity contribution is 0.193. The Kier molecular flexibility index (Phi) is 5.20. The van der Waals surface area contributed by atoms with Gasteiger partial charge >= 0.3 is 6.03 Å². The van der Waals surface area contributed by atoms with Crippen LogP contribution in [0.25, 0.3) is 11.4 Å². The van der Waals surface area contributed by atoms with Crippen molar-refractivity contribution in [3.05, 3.63) is 59.5 Å². The minimum atomic E-state index is -0.223. The van der Waals surface area contributed by atoms with Crippen LogP contribution < -0.4 is 10.1 Å². The third-order valence-corrected chi connectivity index (χ3v) is 5.43. The molecule has 1 aliphatic heterocycles. The number of methoxy groups -OCH3 is 1. The normalized spacial score (nSPS) is 16.1. The minimum Gasteiger partial charge on any atom is -0.497 e. The van der Waals surface area contributed by atoms with Crippen LogP contribution in [0.15, 0.2) is 47.0 Å². The topological polar surface area (TPSA) is 80.5 Å². The molecule has 29 heavy (non-hydrogen) atoms. The Morgan fingerprint density at radius 3 is 2.76 bits per heavy atom. The van der Waals surface area contributed by atoms with E-state index in [0.717, 1.165) is 41.0 Å². The third-order valence-electron chi connectivity index (χ3n) is 5.43. The van der Waals surface area contributed by atoms with Crippen molar-refractivity contribution in [3.8, 4) is 17.1 Å². The molecule has 0 aliphatic carbocycles. The molecule has 0 bridgehead atoms. The van der Waals surface area contributed by atoms with Crippen LogP contribution >= 0.6 is 0 Å². The maximum atomic E-state index is 12.9. The number of likely N-dealkylation sites (tertiary alicyclic amines) is 1. The molecule has 1 fully saturated rings. The van der Waals surface area contributed by atoms with Gasteiger partial charge in [0.05, 0.1) is 7.11 Å². The molecule has 7 nitrogen and oxygen atoms in total. The molecule has 0 radical (unpaired) electrons. The molecule has 0 spiro atoms. The van der Waals surface area contributed by atoms with E-state index in [2.05, 4.69) is 15.5 Å². The molecule has 2 aromatic carbocycles. The first-order chi connectivity index (χ1) is 14.1. The average Bonchev–Trinajstić information content (AvgIpc) is 3.41. The number of carbonyl (C=O) groups is 1. The molecule has 3 aromatic rings. The van der Waals surface area contributed by atoms with Crippen LogP contribution in [0.4, 0.5) is 10.5 Å². The van der Waals surface area contributed by atoms with E-state index in [1.165, 1.54) is 0 Å². The number of rotatable bonds is 4. The Bertz CT molecular complexity index is 1010. The molecule has 7 heteroatoms. The van der Waals surface area contributed by atoms with Crippen molar-refractivity contribution < 1.29 is 14.1 Å². The van der Waals surface area contributed by atoms with Gasteiger partial charge in [0.15, 0.2) is 0 Å². The highest BCUT2D eigenvalue weighted by molar-refractivity contribution is 5.90. The highest BCUT2D eigenvalue weighted by Gasteiger charge is 2.34. The molecule has 1 aliphatic rings. The second-order valence-electron chi connectivity index (χ2n) is 7.21. The van der Waals surface area contributed by atoms with E-state index in [4.69, 9.17) is 9.26 Å². The number of nitrogens with one attached hydrogen (secondary N) is 1. The first-order valence-corrected chi connectivity index (χ1v) is 9.68. The van der Waals surface area contributed by atoms with Crippen molar-refractivity contribution in [3.63, 3.8) is 0 Å². The molecule has 4 rings (SSSR count). The number of ether oxygens (including phenoxy) is 1. The predicted octanol–water partition coefficient (Wildman–Crippen LogP) is 4.73. The van der Waals surface area contributed by atoms with Gasteiger partial charge in [-0.1, -0.05) is 17.3 Å². The van der Waals surface area contributed by atoms with Crippen molar-refractivity contribution in [1.82, 2.24) is 15.0 Å². The number of anilines is 1. The number of nitrogens with zero attached hydrogens (tertiary/aromatic N) is 3. The number of hydrogen-bond donors (Lipinski definition) is 1. The molecule has 1 atom stereocenters. The van der Waals surface area contributed by atoms with E-state index in [1.54, 1.807) is 12.0 Å². The largest absolute Gasteiger partial charge is 0.497 e. The second-order valence-corrected chi connectivity index (χ2v) is 7.21. The summed E-state index contributed by atoms with van der Waals surface area (Å²) in [7, 11) is 1.62. The van der Waals surface area contributed by atoms with E-state index in [9.17, 15) is 4.79 Å². The zero-order valence-corrected chi connectivity index (χ0v) is 16.8. The fourth-order valence-corrected chi connectivity index (χ4v) is 3.57. The van der Waals surface area contributed by atoms with Crippen molar-refractivity contribution in [2.24, 2.45) is 0 Å². The Hall–Kier alpha value is -3.35. The number of hydrogen-bond acceptors (Lipinski definition) is 5. The van der Waals surface area contributed by atoms with Gasteiger partial charge in [-0.15, -0.1) is 0 Å². The standard InChI is InChI=1S/C22H24N4O3/c1-14-6-4-7-18(15(14)2)23-22(27)26-13-5-8-19(26)21-24-20(25-29-21)16-9-11-17(28-3)12-10-16/h4,6-7,9-12,19H,5,8,13H2,1-3H3,(H,23,27). The summed E-state index contributed by atoms with van der Waals surface area (Å²) in [5.74, 6) is 1.73. The summed E-state index contributed by atoms with van der Waals surface area (Å²) >= 11 is 0. The van der Waals surface area contributed by atoms with Crippen LogP contribution in [0.3, 0.4) is 0 Å². The van der Waals surface area contributed by atoms with Gasteiger partial charge in [-0.25, -0.2) is 4.79 Å². The summed E-state index contributed by atoms with van der Waals surface area (Å²) in [6.07, 6.45) is 1.69. The molecule has 2 heterocycles. The first-order valence-electron chi connectivity index (χ1n) is 9.68. The number of carbonyl (C=O) groups excluding carboxylic acids is 1. The van der Waals surface area contributed by atoms with Crippen LogP contribution in [0.2, 0.25) is 0 Å². The Morgan fingerprint density at radius 1 is 1.21 bits per heavy atom. The number of benzene rings is 2. The zero-order valence-electron chi connectivity index (χ0n) is 16.8. The van der Waals surface area contributed by atoms with E-state index in [0.29, 0.717) is 18.3 Å². The SMILES string of the molecule is COc1ccc(-c2noc(C3CCCN3C(=O)Nc3cccc(C)c3C)n2)cc1. The van der Waals surface area contributed by atoms with Crippen molar-refractivity contribution in [1.29, 1.82) is 0 Å². The van der Waals surface area contributed by atoms with Gasteiger partial charge in [0, 0.05) is 17.8 Å². The summed E-state index contributed by atoms with van der Waals surface area (Å²) in [5.41, 5.74) is 3.87. The second kappa shape index (κ2) is 7.95. The van der Waals surface area contributed by atoms with Crippen LogP contribution in [0.1, 0.15) is 35.9 Å². The first kappa shape index (κ1) is 19.0. The van der Waals surface area contributed by atoms with E-state index in [-0.39, 0.29) is 12.1 Å². The smallest absolute Gasteiger partial charge is 0.322 e. The quantitative estimate of drug-likeness (QED) is 0.694. The zero-order chi connectivity index (χ0) is 20.4. The van der Waals surface area contributed by atoms with Crippen molar-refractivity contribution in [2.75, 3.05) is 19.0 Å². The van der Waals surface area contributed by atoms with Crippen LogP contribution in [-0.4, -0.2) is 34.7 Å². The van der Waals surface area contributed by atoms with Gasteiger partial charge in [-0.3, -0.25) is 0 Å². The summed E-state index contributed by atoms with van der Waals surface area (Å²) in [6.45, 7) is 4.69. The average molecular weight is 392 g/mol. The predicted molar refractivity (Wildman–Crippen MR) is 110 cm³/mol. The molecule has 1 unspecified atom stereocenters. The molecule has 0 saturated carbocycles. The maximum absolute atomic E-state index is 12.9. The fraction of sp³-hybridized carbons (Fsp3) is 0.318. The summed E-state index contributed by atoms with van der Waals surface area (Å²) in [6, 6.07) is 13.0. The molecular weight excluding hydrogens is 368 g/mol. The van der Waals surface area contributed by atoms with Crippen LogP contribution in [-0.2, 0) is 0 Å². The Balaban J connectivity index is 1.51. The van der Waals surface area contributed by atoms with Gasteiger partial charge in [0.2, 0.25) is 11.7 Å². The molecule has 1 N–H and O–H groups in total. The summed E-state index contributed by atoms with van der Waals surface area (Å²) in [4.78, 5) is 19.2. The highest BCUT2D eigenvalue weighted by atomic mass is 16.5. The molecule has 150 valence electrons. The molecule has 2 amide bonds. The Labute approximate surface area is 169 Å². The lowest BCUT2D eigenvalue weighted by Gasteiger charge is -2.23. The fourth-order valence-electron chi connectivity index (χ4n) is 3.57. The van der Waals surface area contributed by atoms with E-state index < -0.39 is 0 Å². The van der Waals surface area contributed by atoms with Gasteiger partial charge in [-0.2, -0.15) is 4.98 Å². The minimum absolute atomic E-state index is 0.148. The van der Waals surface area contributed by atoms with Gasteiger partial charge in [0.25, 0.3) is 0 Å². The lowest BCUT2D eigenvalue weighted by atomic mass is 10.1. The van der Waals surface area contributed by atoms with E-state index in [1.807, 2.05) is 56.3 Å². The number of urea groups is 1. The monoisotopic (exact) mass is 392 g/mol. The molecular formula is C22H24N4O3. The van der Waals surface area contributed by atoms with Crippen LogP contribution in [0, 0.1) is 13.8 Å². The van der Waals surface area contributed by atoms with Gasteiger partial charge < -0.3 is 19.5 Å². The number of aryl methyl sites for hydroxylation is 1. The number of amides is 2. The summed E-state index contributed by atoms with van der Waals surface area (Å²) in [5, 5.41) is 7.13. The third kappa shape index (κ3) is 3.81. The molecule has 1 saturated heterocycles. The van der Waals surface area contributed by atoms with Crippen LogP contribution in [0.5, 0.6) is 5.75 Å². The van der Waals surface area contributed by atoms with Gasteiger partial charge in [-0.05, 0) is 68.1 Å². The van der Waals surface area contributed by atoms with E-state index >= 15 is 0 Å².